The number of likely N-dealkylation sites (N-methyl/N-ethyl adjacent to an activating group) is 1. The van der Waals surface area contributed by atoms with Gasteiger partial charge in [0.15, 0.2) is 0 Å². The molecule has 1 fully saturated rings. The van der Waals surface area contributed by atoms with Gasteiger partial charge in [-0.2, -0.15) is 0 Å². The van der Waals surface area contributed by atoms with Crippen molar-refractivity contribution < 1.29 is 0 Å². The fourth-order valence-corrected chi connectivity index (χ4v) is 2.54. The van der Waals surface area contributed by atoms with Gasteiger partial charge in [-0.25, -0.2) is 0 Å². The lowest BCUT2D eigenvalue weighted by molar-refractivity contribution is 0.263. The summed E-state index contributed by atoms with van der Waals surface area (Å²) in [6.07, 6.45) is 6.88. The van der Waals surface area contributed by atoms with Crippen molar-refractivity contribution >= 4 is 0 Å². The minimum atomic E-state index is 0.659. The van der Waals surface area contributed by atoms with E-state index in [1.807, 2.05) is 0 Å². The van der Waals surface area contributed by atoms with Crippen molar-refractivity contribution in [1.29, 1.82) is 0 Å². The highest BCUT2D eigenvalue weighted by Gasteiger charge is 2.21. The van der Waals surface area contributed by atoms with Crippen molar-refractivity contribution in [3.05, 3.63) is 35.4 Å². The Bertz CT molecular complexity index is 328. The van der Waals surface area contributed by atoms with E-state index in [0.717, 1.165) is 5.92 Å². The van der Waals surface area contributed by atoms with Crippen LogP contribution in [0, 0.1) is 12.8 Å². The normalized spacial score (nSPS) is 18.1. The Morgan fingerprint density at radius 2 is 2.06 bits per heavy atom. The van der Waals surface area contributed by atoms with Crippen LogP contribution in [0.2, 0.25) is 0 Å². The van der Waals surface area contributed by atoms with Crippen LogP contribution in [-0.2, 0) is 6.42 Å². The molecular weight excluding hydrogens is 194 g/mol. The number of hydrogen-bond acceptors (Lipinski definition) is 1. The first-order valence-corrected chi connectivity index (χ1v) is 6.51. The van der Waals surface area contributed by atoms with E-state index in [2.05, 4.69) is 43.6 Å². The lowest BCUT2D eigenvalue weighted by Gasteiger charge is -2.29. The average molecular weight is 217 g/mol. The lowest BCUT2D eigenvalue weighted by atomic mass is 9.79. The second-order valence-electron chi connectivity index (χ2n) is 5.15. The summed E-state index contributed by atoms with van der Waals surface area (Å²) in [5, 5.41) is 3.48. The standard InChI is InChI=1S/C15H23N/c1-12-6-3-4-9-14(12)11-15(16-2)10-13-7-5-8-13/h3-4,6,9,13,15-16H,5,7-8,10-11H2,1-2H3. The summed E-state index contributed by atoms with van der Waals surface area (Å²) in [6.45, 7) is 2.21. The molecule has 1 aromatic rings. The molecule has 0 heterocycles. The summed E-state index contributed by atoms with van der Waals surface area (Å²) < 4.78 is 0. The van der Waals surface area contributed by atoms with Crippen molar-refractivity contribution in [2.45, 2.75) is 45.1 Å². The monoisotopic (exact) mass is 217 g/mol. The van der Waals surface area contributed by atoms with Gasteiger partial charge < -0.3 is 5.32 Å². The van der Waals surface area contributed by atoms with Crippen LogP contribution in [-0.4, -0.2) is 13.1 Å². The van der Waals surface area contributed by atoms with E-state index in [1.54, 1.807) is 0 Å². The van der Waals surface area contributed by atoms with E-state index in [-0.39, 0.29) is 0 Å². The van der Waals surface area contributed by atoms with E-state index in [0.29, 0.717) is 6.04 Å². The minimum Gasteiger partial charge on any atom is -0.317 e. The zero-order valence-corrected chi connectivity index (χ0v) is 10.5. The van der Waals surface area contributed by atoms with Crippen LogP contribution in [0.25, 0.3) is 0 Å². The number of aryl methyl sites for hydroxylation is 1. The molecule has 0 spiro atoms. The molecule has 0 saturated heterocycles. The summed E-state index contributed by atoms with van der Waals surface area (Å²) in [4.78, 5) is 0. The topological polar surface area (TPSA) is 12.0 Å². The van der Waals surface area contributed by atoms with Gasteiger partial charge in [-0.05, 0) is 43.9 Å². The van der Waals surface area contributed by atoms with Crippen molar-refractivity contribution in [2.75, 3.05) is 7.05 Å². The van der Waals surface area contributed by atoms with Gasteiger partial charge in [0.25, 0.3) is 0 Å². The van der Waals surface area contributed by atoms with Crippen molar-refractivity contribution in [3.8, 4) is 0 Å². The van der Waals surface area contributed by atoms with Crippen molar-refractivity contribution in [2.24, 2.45) is 5.92 Å². The highest BCUT2D eigenvalue weighted by atomic mass is 14.9. The summed E-state index contributed by atoms with van der Waals surface area (Å²) >= 11 is 0. The first-order valence-electron chi connectivity index (χ1n) is 6.51. The molecule has 0 radical (unpaired) electrons. The summed E-state index contributed by atoms with van der Waals surface area (Å²) in [6, 6.07) is 9.41. The molecule has 0 bridgehead atoms. The number of benzene rings is 1. The maximum Gasteiger partial charge on any atom is 0.0107 e. The van der Waals surface area contributed by atoms with Gasteiger partial charge in [-0.1, -0.05) is 43.5 Å². The molecule has 1 atom stereocenters. The largest absolute Gasteiger partial charge is 0.317 e. The van der Waals surface area contributed by atoms with Gasteiger partial charge in [0.1, 0.15) is 0 Å². The fraction of sp³-hybridized carbons (Fsp3) is 0.600. The van der Waals surface area contributed by atoms with Crippen LogP contribution >= 0.6 is 0 Å². The molecule has 1 aliphatic carbocycles. The second-order valence-corrected chi connectivity index (χ2v) is 5.15. The molecule has 1 nitrogen and oxygen atoms in total. The van der Waals surface area contributed by atoms with Crippen molar-refractivity contribution in [1.82, 2.24) is 5.32 Å². The molecule has 0 amide bonds. The Labute approximate surface area is 99.3 Å². The Morgan fingerprint density at radius 3 is 2.62 bits per heavy atom. The Kier molecular flexibility index (Phi) is 4.00. The Balaban J connectivity index is 1.92. The van der Waals surface area contributed by atoms with E-state index in [1.165, 1.54) is 43.2 Å². The highest BCUT2D eigenvalue weighted by Crippen LogP contribution is 2.31. The van der Waals surface area contributed by atoms with Crippen LogP contribution in [0.3, 0.4) is 0 Å². The zero-order chi connectivity index (χ0) is 11.4. The smallest absolute Gasteiger partial charge is 0.0107 e. The van der Waals surface area contributed by atoms with E-state index in [9.17, 15) is 0 Å². The second kappa shape index (κ2) is 5.49. The molecule has 16 heavy (non-hydrogen) atoms. The fourth-order valence-electron chi connectivity index (χ4n) is 2.54. The minimum absolute atomic E-state index is 0.659. The maximum absolute atomic E-state index is 3.48. The quantitative estimate of drug-likeness (QED) is 0.798. The van der Waals surface area contributed by atoms with Gasteiger partial charge >= 0.3 is 0 Å². The molecule has 2 rings (SSSR count). The zero-order valence-electron chi connectivity index (χ0n) is 10.5. The number of hydrogen-bond donors (Lipinski definition) is 1. The maximum atomic E-state index is 3.48. The van der Waals surface area contributed by atoms with Gasteiger partial charge in [0, 0.05) is 6.04 Å². The van der Waals surface area contributed by atoms with Crippen LogP contribution in [0.5, 0.6) is 0 Å². The molecule has 0 aromatic heterocycles. The molecular formula is C15H23N. The third kappa shape index (κ3) is 2.85. The van der Waals surface area contributed by atoms with E-state index >= 15 is 0 Å². The van der Waals surface area contributed by atoms with Gasteiger partial charge in [0.05, 0.1) is 0 Å². The third-order valence-corrected chi connectivity index (χ3v) is 3.98. The van der Waals surface area contributed by atoms with Gasteiger partial charge in [0.2, 0.25) is 0 Å². The summed E-state index contributed by atoms with van der Waals surface area (Å²) in [5.74, 6) is 0.987. The summed E-state index contributed by atoms with van der Waals surface area (Å²) in [5.41, 5.74) is 2.93. The third-order valence-electron chi connectivity index (χ3n) is 3.98. The van der Waals surface area contributed by atoms with Crippen LogP contribution in [0.1, 0.15) is 36.8 Å². The van der Waals surface area contributed by atoms with Gasteiger partial charge in [-0.15, -0.1) is 0 Å². The molecule has 88 valence electrons. The first kappa shape index (κ1) is 11.7. The molecule has 1 aliphatic rings. The lowest BCUT2D eigenvalue weighted by Crippen LogP contribution is -2.32. The average Bonchev–Trinajstić information content (AvgIpc) is 2.24. The van der Waals surface area contributed by atoms with Gasteiger partial charge in [-0.3, -0.25) is 0 Å². The predicted octanol–water partition coefficient (Wildman–Crippen LogP) is 3.32. The first-order chi connectivity index (χ1) is 7.79. The highest BCUT2D eigenvalue weighted by molar-refractivity contribution is 5.26. The SMILES string of the molecule is CNC(Cc1ccccc1C)CC1CCC1. The molecule has 1 saturated carbocycles. The number of rotatable bonds is 5. The molecule has 1 heteroatoms. The molecule has 1 aromatic carbocycles. The van der Waals surface area contributed by atoms with Crippen LogP contribution in [0.4, 0.5) is 0 Å². The Hall–Kier alpha value is -0.820. The van der Waals surface area contributed by atoms with Crippen LogP contribution in [0.15, 0.2) is 24.3 Å². The Morgan fingerprint density at radius 1 is 1.31 bits per heavy atom. The molecule has 1 unspecified atom stereocenters. The van der Waals surface area contributed by atoms with Crippen LogP contribution < -0.4 is 5.32 Å². The summed E-state index contributed by atoms with van der Waals surface area (Å²) in [7, 11) is 2.10. The van der Waals surface area contributed by atoms with E-state index in [4.69, 9.17) is 0 Å². The molecule has 1 N–H and O–H groups in total. The predicted molar refractivity (Wildman–Crippen MR) is 69.7 cm³/mol. The van der Waals surface area contributed by atoms with Crippen molar-refractivity contribution in [3.63, 3.8) is 0 Å². The number of nitrogens with one attached hydrogen (secondary N) is 1. The molecule has 0 aliphatic heterocycles. The van der Waals surface area contributed by atoms with E-state index < -0.39 is 0 Å².